The number of aromatic nitrogens is 2. The number of carbonyl (C=O) groups excluding carboxylic acids is 1. The van der Waals surface area contributed by atoms with Crippen LogP contribution >= 0.6 is 0 Å². The Morgan fingerprint density at radius 2 is 1.49 bits per heavy atom. The summed E-state index contributed by atoms with van der Waals surface area (Å²) in [6.45, 7) is 4.10. The van der Waals surface area contributed by atoms with E-state index in [-0.39, 0.29) is 23.3 Å². The van der Waals surface area contributed by atoms with Crippen LogP contribution in [0.25, 0.3) is 21.8 Å². The molecule has 0 fully saturated rings. The summed E-state index contributed by atoms with van der Waals surface area (Å²) in [6.07, 6.45) is 0. The molecule has 5 heteroatoms. The molecule has 1 aliphatic heterocycles. The second kappa shape index (κ2) is 7.54. The Morgan fingerprint density at radius 3 is 2.28 bits per heavy atom. The van der Waals surface area contributed by atoms with Crippen molar-refractivity contribution in [3.8, 4) is 0 Å². The van der Waals surface area contributed by atoms with Crippen molar-refractivity contribution in [2.75, 3.05) is 0 Å². The maximum Gasteiger partial charge on any atom is 0.170 e. The van der Waals surface area contributed by atoms with Crippen LogP contribution < -0.4 is 0 Å². The molecule has 39 heavy (non-hydrogen) atoms. The maximum atomic E-state index is 14.9. The molecule has 1 N–H and O–H groups in total. The first-order valence-corrected chi connectivity index (χ1v) is 13.2. The van der Waals surface area contributed by atoms with Gasteiger partial charge in [-0.3, -0.25) is 4.79 Å². The Balaban J connectivity index is 1.61. The van der Waals surface area contributed by atoms with Crippen LogP contribution in [-0.4, -0.2) is 15.3 Å². The number of rotatable bonds is 2. The van der Waals surface area contributed by atoms with E-state index in [4.69, 9.17) is 0 Å². The van der Waals surface area contributed by atoms with E-state index >= 15 is 0 Å². The lowest BCUT2D eigenvalue weighted by atomic mass is 9.72. The summed E-state index contributed by atoms with van der Waals surface area (Å²) in [5, 5.41) is 1.86. The summed E-state index contributed by atoms with van der Waals surface area (Å²) in [7, 11) is 0. The molecule has 3 nitrogen and oxygen atoms in total. The van der Waals surface area contributed by atoms with Crippen molar-refractivity contribution in [3.05, 3.63) is 142 Å². The molecule has 190 valence electrons. The smallest absolute Gasteiger partial charge is 0.170 e. The number of carbonyl (C=O) groups is 1. The van der Waals surface area contributed by atoms with E-state index in [1.54, 1.807) is 12.1 Å². The van der Waals surface area contributed by atoms with Crippen molar-refractivity contribution < 1.29 is 13.6 Å². The molecule has 0 saturated heterocycles. The fraction of sp³-hybridized carbons (Fsp3) is 0.147. The molecule has 2 aromatic heterocycles. The standard InChI is InChI=1S/C34H24F2N2O/c1-18-24-15-13-22(36)17-28(24)38-31(18)29(20-8-4-3-5-9-20)30-32(39)25-10-6-7-11-26(25)34(30,38)33-19(2)23-14-12-21(35)16-27(23)37-33/h3-17,29-30,37H,1-2H3. The lowest BCUT2D eigenvalue weighted by Gasteiger charge is -2.34. The molecule has 0 radical (unpaired) electrons. The van der Waals surface area contributed by atoms with Gasteiger partial charge in [0.25, 0.3) is 0 Å². The lowest BCUT2D eigenvalue weighted by molar-refractivity contribution is 0.0895. The number of aryl methyl sites for hydroxylation is 2. The van der Waals surface area contributed by atoms with E-state index in [9.17, 15) is 13.6 Å². The summed E-state index contributed by atoms with van der Waals surface area (Å²) in [5.74, 6) is -1.35. The minimum Gasteiger partial charge on any atom is -0.356 e. The van der Waals surface area contributed by atoms with Crippen molar-refractivity contribution in [3.63, 3.8) is 0 Å². The van der Waals surface area contributed by atoms with Gasteiger partial charge < -0.3 is 9.55 Å². The van der Waals surface area contributed by atoms with Crippen molar-refractivity contribution >= 4 is 27.6 Å². The number of nitrogens with zero attached hydrogens (tertiary/aromatic N) is 1. The highest BCUT2D eigenvalue weighted by Crippen LogP contribution is 2.63. The molecule has 0 spiro atoms. The molecule has 2 aliphatic rings. The molecule has 3 atom stereocenters. The third-order valence-corrected chi connectivity index (χ3v) is 9.11. The molecule has 6 aromatic rings. The van der Waals surface area contributed by atoms with E-state index in [0.29, 0.717) is 11.1 Å². The SMILES string of the molecule is Cc1c(C23c4ccccc4C(=O)C2C(c2ccccc2)c2c(C)c4ccc(F)cc4n23)[nH]c2cc(F)ccc12. The van der Waals surface area contributed by atoms with Gasteiger partial charge in [0.1, 0.15) is 17.2 Å². The highest BCUT2D eigenvalue weighted by Gasteiger charge is 2.64. The minimum absolute atomic E-state index is 0.0661. The first kappa shape index (κ1) is 22.5. The average Bonchev–Trinajstić information content (AvgIpc) is 3.61. The lowest BCUT2D eigenvalue weighted by Crippen LogP contribution is -2.39. The number of benzene rings is 4. The Bertz CT molecular complexity index is 2000. The number of H-pyrrole nitrogens is 1. The summed E-state index contributed by atoms with van der Waals surface area (Å²) in [5.41, 5.74) is 6.90. The average molecular weight is 515 g/mol. The van der Waals surface area contributed by atoms with Gasteiger partial charge >= 0.3 is 0 Å². The first-order chi connectivity index (χ1) is 18.9. The van der Waals surface area contributed by atoms with Crippen molar-refractivity contribution in [1.82, 2.24) is 9.55 Å². The largest absolute Gasteiger partial charge is 0.356 e. The number of nitrogens with one attached hydrogen (secondary N) is 1. The Kier molecular flexibility index (Phi) is 4.34. The Morgan fingerprint density at radius 1 is 0.795 bits per heavy atom. The van der Waals surface area contributed by atoms with E-state index in [1.165, 1.54) is 18.2 Å². The third kappa shape index (κ3) is 2.62. The van der Waals surface area contributed by atoms with Crippen LogP contribution in [0.2, 0.25) is 0 Å². The zero-order valence-electron chi connectivity index (χ0n) is 21.4. The van der Waals surface area contributed by atoms with E-state index in [1.807, 2.05) is 55.5 Å². The predicted octanol–water partition coefficient (Wildman–Crippen LogP) is 7.77. The van der Waals surface area contributed by atoms with Gasteiger partial charge in [-0.1, -0.05) is 54.6 Å². The van der Waals surface area contributed by atoms with Gasteiger partial charge in [0.15, 0.2) is 5.78 Å². The molecule has 3 unspecified atom stereocenters. The summed E-state index contributed by atoms with van der Waals surface area (Å²) < 4.78 is 31.5. The fourth-order valence-electron chi connectivity index (χ4n) is 7.66. The van der Waals surface area contributed by atoms with Gasteiger partial charge in [-0.2, -0.15) is 0 Å². The number of hydrogen-bond donors (Lipinski definition) is 1. The van der Waals surface area contributed by atoms with Crippen LogP contribution in [-0.2, 0) is 5.54 Å². The van der Waals surface area contributed by atoms with Crippen molar-refractivity contribution in [2.24, 2.45) is 5.92 Å². The third-order valence-electron chi connectivity index (χ3n) is 9.11. The number of Topliss-reactive ketones (excluding diaryl/α,β-unsaturated/α-hetero) is 1. The monoisotopic (exact) mass is 514 g/mol. The number of ketones is 1. The van der Waals surface area contributed by atoms with E-state index in [0.717, 1.165) is 49.9 Å². The van der Waals surface area contributed by atoms with Crippen LogP contribution in [0.5, 0.6) is 0 Å². The molecule has 8 rings (SSSR count). The summed E-state index contributed by atoms with van der Waals surface area (Å²) in [6, 6.07) is 27.6. The van der Waals surface area contributed by atoms with Crippen LogP contribution in [0.3, 0.4) is 0 Å². The Labute approximate surface area is 223 Å². The Hall–Kier alpha value is -4.51. The number of halogens is 2. The molecule has 3 heterocycles. The van der Waals surface area contributed by atoms with Gasteiger partial charge in [0.2, 0.25) is 0 Å². The quantitative estimate of drug-likeness (QED) is 0.252. The highest BCUT2D eigenvalue weighted by atomic mass is 19.1. The number of aromatic amines is 1. The van der Waals surface area contributed by atoms with Crippen LogP contribution in [0, 0.1) is 31.4 Å². The van der Waals surface area contributed by atoms with Gasteiger partial charge in [0.05, 0.1) is 17.1 Å². The zero-order valence-corrected chi connectivity index (χ0v) is 21.4. The number of hydrogen-bond acceptors (Lipinski definition) is 1. The summed E-state index contributed by atoms with van der Waals surface area (Å²) >= 11 is 0. The second-order valence-corrected chi connectivity index (χ2v) is 10.9. The molecule has 1 aliphatic carbocycles. The molecule has 0 bridgehead atoms. The van der Waals surface area contributed by atoms with Gasteiger partial charge in [-0.05, 0) is 72.5 Å². The van der Waals surface area contributed by atoms with Gasteiger partial charge in [-0.25, -0.2) is 8.78 Å². The van der Waals surface area contributed by atoms with E-state index in [2.05, 4.69) is 28.6 Å². The normalized spacial score (nSPS) is 21.5. The van der Waals surface area contributed by atoms with E-state index < -0.39 is 11.5 Å². The highest BCUT2D eigenvalue weighted by molar-refractivity contribution is 6.08. The van der Waals surface area contributed by atoms with Crippen LogP contribution in [0.4, 0.5) is 8.78 Å². The minimum atomic E-state index is -0.969. The predicted molar refractivity (Wildman–Crippen MR) is 148 cm³/mol. The van der Waals surface area contributed by atoms with Crippen LogP contribution in [0.1, 0.15) is 49.9 Å². The second-order valence-electron chi connectivity index (χ2n) is 10.9. The zero-order chi connectivity index (χ0) is 26.6. The topological polar surface area (TPSA) is 37.8 Å². The number of fused-ring (bicyclic) bond motifs is 8. The van der Waals surface area contributed by atoms with Crippen molar-refractivity contribution in [2.45, 2.75) is 25.3 Å². The summed E-state index contributed by atoms with van der Waals surface area (Å²) in [4.78, 5) is 18.1. The molecule has 0 saturated carbocycles. The van der Waals surface area contributed by atoms with Crippen molar-refractivity contribution in [1.29, 1.82) is 0 Å². The van der Waals surface area contributed by atoms with Crippen LogP contribution in [0.15, 0.2) is 91.0 Å². The van der Waals surface area contributed by atoms with Gasteiger partial charge in [0, 0.05) is 33.5 Å². The molecule has 4 aromatic carbocycles. The first-order valence-electron chi connectivity index (χ1n) is 13.2. The molecule has 0 amide bonds. The maximum absolute atomic E-state index is 14.9. The van der Waals surface area contributed by atoms with Gasteiger partial charge in [-0.15, -0.1) is 0 Å². The fourth-order valence-corrected chi connectivity index (χ4v) is 7.66. The molecular weight excluding hydrogens is 490 g/mol. The molecular formula is C34H24F2N2O.